The van der Waals surface area contributed by atoms with Gasteiger partial charge in [0.15, 0.2) is 5.69 Å². The SMILES string of the molecule is CNC(=O)CN1Cc2c(C(=O)Nc3ccccc3C)ncn2-c2ccccc2S1(=O)=O. The third-order valence-electron chi connectivity index (χ3n) is 5.14. The number of amides is 2. The number of rotatable bonds is 4. The van der Waals surface area contributed by atoms with Gasteiger partial charge in [-0.25, -0.2) is 13.4 Å². The fourth-order valence-electron chi connectivity index (χ4n) is 3.46. The molecular formula is C21H21N5O4S. The molecule has 3 aromatic rings. The molecule has 0 saturated carbocycles. The number of fused-ring (bicyclic) bond motifs is 3. The van der Waals surface area contributed by atoms with Gasteiger partial charge in [0, 0.05) is 12.7 Å². The number of carbonyl (C=O) groups excluding carboxylic acids is 2. The minimum absolute atomic E-state index is 0.0425. The summed E-state index contributed by atoms with van der Waals surface area (Å²) in [6.07, 6.45) is 1.43. The van der Waals surface area contributed by atoms with E-state index in [4.69, 9.17) is 0 Å². The monoisotopic (exact) mass is 439 g/mol. The minimum atomic E-state index is -3.98. The number of carbonyl (C=O) groups is 2. The lowest BCUT2D eigenvalue weighted by atomic mass is 10.2. The Balaban J connectivity index is 1.81. The summed E-state index contributed by atoms with van der Waals surface area (Å²) < 4.78 is 29.2. The van der Waals surface area contributed by atoms with Crippen molar-refractivity contribution in [2.75, 3.05) is 18.9 Å². The molecule has 4 rings (SSSR count). The molecule has 1 aromatic heterocycles. The highest BCUT2D eigenvalue weighted by molar-refractivity contribution is 7.89. The maximum atomic E-state index is 13.3. The Morgan fingerprint density at radius 1 is 1.10 bits per heavy atom. The molecule has 0 fully saturated rings. The number of nitrogens with zero attached hydrogens (tertiary/aromatic N) is 3. The highest BCUT2D eigenvalue weighted by Crippen LogP contribution is 2.31. The molecule has 0 unspecified atom stereocenters. The zero-order chi connectivity index (χ0) is 22.2. The van der Waals surface area contributed by atoms with Crippen LogP contribution in [-0.2, 0) is 21.4 Å². The third kappa shape index (κ3) is 3.71. The van der Waals surface area contributed by atoms with Gasteiger partial charge in [-0.2, -0.15) is 4.31 Å². The quantitative estimate of drug-likeness (QED) is 0.642. The first-order valence-corrected chi connectivity index (χ1v) is 11.0. The maximum absolute atomic E-state index is 13.3. The van der Waals surface area contributed by atoms with Crippen LogP contribution in [0, 0.1) is 6.92 Å². The summed E-state index contributed by atoms with van der Waals surface area (Å²) in [4.78, 5) is 29.4. The molecule has 1 aliphatic rings. The maximum Gasteiger partial charge on any atom is 0.276 e. The van der Waals surface area contributed by atoms with E-state index in [0.29, 0.717) is 17.1 Å². The molecule has 31 heavy (non-hydrogen) atoms. The lowest BCUT2D eigenvalue weighted by molar-refractivity contribution is -0.120. The Labute approximate surface area is 179 Å². The number of benzene rings is 2. The van der Waals surface area contributed by atoms with Gasteiger partial charge in [-0.05, 0) is 30.7 Å². The zero-order valence-corrected chi connectivity index (χ0v) is 17.8. The van der Waals surface area contributed by atoms with E-state index in [1.807, 2.05) is 25.1 Å². The molecule has 2 N–H and O–H groups in total. The smallest absolute Gasteiger partial charge is 0.276 e. The second kappa shape index (κ2) is 7.97. The first-order chi connectivity index (χ1) is 14.8. The van der Waals surface area contributed by atoms with Crippen LogP contribution in [0.1, 0.15) is 21.7 Å². The summed E-state index contributed by atoms with van der Waals surface area (Å²) in [5, 5.41) is 5.27. The second-order valence-electron chi connectivity index (χ2n) is 7.09. The number of aryl methyl sites for hydroxylation is 1. The van der Waals surface area contributed by atoms with Gasteiger partial charge in [0.05, 0.1) is 24.5 Å². The second-order valence-corrected chi connectivity index (χ2v) is 9.00. The largest absolute Gasteiger partial charge is 0.358 e. The molecule has 0 atom stereocenters. The zero-order valence-electron chi connectivity index (χ0n) is 17.0. The van der Waals surface area contributed by atoms with Crippen molar-refractivity contribution in [3.05, 3.63) is 71.8 Å². The number of hydrogen-bond donors (Lipinski definition) is 2. The molecule has 0 bridgehead atoms. The van der Waals surface area contributed by atoms with Gasteiger partial charge in [0.25, 0.3) is 5.91 Å². The summed E-state index contributed by atoms with van der Waals surface area (Å²) in [6.45, 7) is 1.31. The number of sulfonamides is 1. The van der Waals surface area contributed by atoms with Crippen LogP contribution in [0.15, 0.2) is 59.8 Å². The van der Waals surface area contributed by atoms with Crippen LogP contribution < -0.4 is 10.6 Å². The molecule has 9 nitrogen and oxygen atoms in total. The van der Waals surface area contributed by atoms with E-state index in [-0.39, 0.29) is 23.7 Å². The van der Waals surface area contributed by atoms with Gasteiger partial charge in [-0.15, -0.1) is 0 Å². The average Bonchev–Trinajstić information content (AvgIpc) is 3.14. The van der Waals surface area contributed by atoms with Gasteiger partial charge in [0.2, 0.25) is 15.9 Å². The Kier molecular flexibility index (Phi) is 5.34. The van der Waals surface area contributed by atoms with Crippen LogP contribution in [0.5, 0.6) is 0 Å². The Morgan fingerprint density at radius 3 is 2.55 bits per heavy atom. The van der Waals surface area contributed by atoms with E-state index in [1.54, 1.807) is 28.8 Å². The van der Waals surface area contributed by atoms with Crippen molar-refractivity contribution in [1.29, 1.82) is 0 Å². The van der Waals surface area contributed by atoms with E-state index < -0.39 is 21.8 Å². The van der Waals surface area contributed by atoms with Crippen LogP contribution in [0.25, 0.3) is 5.69 Å². The van der Waals surface area contributed by atoms with E-state index in [0.717, 1.165) is 9.87 Å². The van der Waals surface area contributed by atoms with Gasteiger partial charge in [-0.1, -0.05) is 30.3 Å². The van der Waals surface area contributed by atoms with Crippen LogP contribution in [-0.4, -0.2) is 47.7 Å². The normalized spacial score (nSPS) is 14.8. The predicted molar refractivity (Wildman–Crippen MR) is 114 cm³/mol. The summed E-state index contributed by atoms with van der Waals surface area (Å²) in [6, 6.07) is 13.8. The number of aromatic nitrogens is 2. The van der Waals surface area contributed by atoms with E-state index in [9.17, 15) is 18.0 Å². The highest BCUT2D eigenvalue weighted by Gasteiger charge is 2.35. The van der Waals surface area contributed by atoms with E-state index >= 15 is 0 Å². The number of para-hydroxylation sites is 2. The summed E-state index contributed by atoms with van der Waals surface area (Å²) in [7, 11) is -2.54. The number of hydrogen-bond acceptors (Lipinski definition) is 5. The molecule has 0 saturated heterocycles. The fourth-order valence-corrected chi connectivity index (χ4v) is 5.00. The van der Waals surface area contributed by atoms with Crippen LogP contribution in [0.3, 0.4) is 0 Å². The van der Waals surface area contributed by atoms with Gasteiger partial charge in [-0.3, -0.25) is 14.2 Å². The summed E-state index contributed by atoms with van der Waals surface area (Å²) in [5.41, 5.74) is 2.37. The fraction of sp³-hybridized carbons (Fsp3) is 0.190. The van der Waals surface area contributed by atoms with Crippen LogP contribution >= 0.6 is 0 Å². The van der Waals surface area contributed by atoms with Crippen molar-refractivity contribution in [3.63, 3.8) is 0 Å². The lowest BCUT2D eigenvalue weighted by Crippen LogP contribution is -2.39. The molecule has 2 aromatic carbocycles. The molecule has 160 valence electrons. The average molecular weight is 439 g/mol. The van der Waals surface area contributed by atoms with Crippen molar-refractivity contribution in [2.45, 2.75) is 18.4 Å². The molecule has 10 heteroatoms. The first kappa shape index (κ1) is 20.8. The molecular weight excluding hydrogens is 418 g/mol. The Morgan fingerprint density at radius 2 is 1.81 bits per heavy atom. The lowest BCUT2D eigenvalue weighted by Gasteiger charge is -2.19. The highest BCUT2D eigenvalue weighted by atomic mass is 32.2. The Hall–Kier alpha value is -3.50. The molecule has 0 radical (unpaired) electrons. The molecule has 0 aliphatic carbocycles. The van der Waals surface area contributed by atoms with Crippen molar-refractivity contribution < 1.29 is 18.0 Å². The summed E-state index contributed by atoms with van der Waals surface area (Å²) >= 11 is 0. The predicted octanol–water partition coefficient (Wildman–Crippen LogP) is 1.68. The molecule has 2 amide bonds. The minimum Gasteiger partial charge on any atom is -0.358 e. The topological polar surface area (TPSA) is 113 Å². The number of anilines is 1. The van der Waals surface area contributed by atoms with Gasteiger partial charge >= 0.3 is 0 Å². The van der Waals surface area contributed by atoms with Crippen molar-refractivity contribution in [1.82, 2.24) is 19.2 Å². The third-order valence-corrected chi connectivity index (χ3v) is 6.98. The van der Waals surface area contributed by atoms with E-state index in [1.165, 1.54) is 19.4 Å². The molecule has 0 spiro atoms. The number of likely N-dealkylation sites (N-methyl/N-ethyl adjacent to an activating group) is 1. The van der Waals surface area contributed by atoms with E-state index in [2.05, 4.69) is 15.6 Å². The van der Waals surface area contributed by atoms with Crippen LogP contribution in [0.4, 0.5) is 5.69 Å². The van der Waals surface area contributed by atoms with Gasteiger partial charge in [0.1, 0.15) is 11.2 Å². The molecule has 2 heterocycles. The standard InChI is InChI=1S/C21H21N5O4S/c1-14-7-3-4-8-15(14)24-21(28)20-17-11-25(12-19(27)22-2)31(29,30)18-10-6-5-9-16(18)26(17)13-23-20/h3-10,13H,11-12H2,1-2H3,(H,22,27)(H,24,28). The van der Waals surface area contributed by atoms with Crippen molar-refractivity contribution in [3.8, 4) is 5.69 Å². The van der Waals surface area contributed by atoms with Crippen LogP contribution in [0.2, 0.25) is 0 Å². The Bertz CT molecular complexity index is 1280. The van der Waals surface area contributed by atoms with Crippen molar-refractivity contribution in [2.24, 2.45) is 0 Å². The summed E-state index contributed by atoms with van der Waals surface area (Å²) in [5.74, 6) is -0.917. The first-order valence-electron chi connectivity index (χ1n) is 9.56. The van der Waals surface area contributed by atoms with Crippen molar-refractivity contribution >= 4 is 27.5 Å². The number of imidazole rings is 1. The van der Waals surface area contributed by atoms with Gasteiger partial charge < -0.3 is 10.6 Å². The number of nitrogens with one attached hydrogen (secondary N) is 2. The molecule has 1 aliphatic heterocycles.